The Morgan fingerprint density at radius 2 is 1.86 bits per heavy atom. The molecule has 3 rings (SSSR count). The number of aromatic amines is 1. The molecule has 150 valence electrons. The average Bonchev–Trinajstić information content (AvgIpc) is 2.68. The maximum Gasteiger partial charge on any atom is 0.411 e. The van der Waals surface area contributed by atoms with E-state index < -0.39 is 12.0 Å². The molecule has 0 spiro atoms. The normalized spacial score (nSPS) is 10.8. The molecular formula is C22H23N3O4. The molecule has 0 radical (unpaired) electrons. The van der Waals surface area contributed by atoms with E-state index in [0.29, 0.717) is 22.3 Å². The number of hydrogen-bond acceptors (Lipinski definition) is 4. The largest absolute Gasteiger partial charge is 0.450 e. The van der Waals surface area contributed by atoms with Crippen LogP contribution < -0.4 is 16.1 Å². The number of fused-ring (bicyclic) bond motifs is 1. The van der Waals surface area contributed by atoms with Crippen molar-refractivity contribution in [1.82, 2.24) is 4.98 Å². The maximum atomic E-state index is 12.8. The van der Waals surface area contributed by atoms with Gasteiger partial charge in [0.1, 0.15) is 5.56 Å². The SMILES string of the molecule is CCOC(=O)Nc1ccc(C(C)C)c(NC(=O)c2c[nH]c3ccccc3c2=O)c1. The first kappa shape index (κ1) is 20.1. The summed E-state index contributed by atoms with van der Waals surface area (Å²) in [4.78, 5) is 40.2. The second-order valence-electron chi connectivity index (χ2n) is 6.83. The molecule has 0 aliphatic carbocycles. The van der Waals surface area contributed by atoms with E-state index in [2.05, 4.69) is 15.6 Å². The first-order chi connectivity index (χ1) is 13.9. The number of carbonyl (C=O) groups is 2. The molecule has 29 heavy (non-hydrogen) atoms. The van der Waals surface area contributed by atoms with Crippen molar-refractivity contribution in [1.29, 1.82) is 0 Å². The molecule has 7 heteroatoms. The smallest absolute Gasteiger partial charge is 0.411 e. The van der Waals surface area contributed by atoms with Crippen LogP contribution in [0.4, 0.5) is 16.2 Å². The topological polar surface area (TPSA) is 100 Å². The lowest BCUT2D eigenvalue weighted by molar-refractivity contribution is 0.102. The Morgan fingerprint density at radius 3 is 2.59 bits per heavy atom. The predicted octanol–water partition coefficient (Wildman–Crippen LogP) is 4.47. The van der Waals surface area contributed by atoms with Gasteiger partial charge in [-0.3, -0.25) is 14.9 Å². The average molecular weight is 393 g/mol. The molecular weight excluding hydrogens is 370 g/mol. The van der Waals surface area contributed by atoms with Crippen LogP contribution in [0.15, 0.2) is 53.5 Å². The molecule has 7 nitrogen and oxygen atoms in total. The van der Waals surface area contributed by atoms with Crippen LogP contribution in [0.25, 0.3) is 10.9 Å². The van der Waals surface area contributed by atoms with E-state index in [9.17, 15) is 14.4 Å². The second kappa shape index (κ2) is 8.60. The maximum absolute atomic E-state index is 12.8. The van der Waals surface area contributed by atoms with Crippen molar-refractivity contribution in [2.45, 2.75) is 26.7 Å². The van der Waals surface area contributed by atoms with Gasteiger partial charge in [-0.05, 0) is 42.7 Å². The van der Waals surface area contributed by atoms with Gasteiger partial charge in [-0.25, -0.2) is 4.79 Å². The highest BCUT2D eigenvalue weighted by Gasteiger charge is 2.16. The molecule has 1 heterocycles. The molecule has 3 N–H and O–H groups in total. The van der Waals surface area contributed by atoms with Crippen molar-refractivity contribution in [2.24, 2.45) is 0 Å². The van der Waals surface area contributed by atoms with Crippen molar-refractivity contribution in [3.05, 3.63) is 70.0 Å². The number of para-hydroxylation sites is 1. The number of ether oxygens (including phenoxy) is 1. The van der Waals surface area contributed by atoms with E-state index >= 15 is 0 Å². The van der Waals surface area contributed by atoms with Crippen LogP contribution in [0, 0.1) is 0 Å². The fraction of sp³-hybridized carbons (Fsp3) is 0.227. The van der Waals surface area contributed by atoms with Crippen molar-refractivity contribution < 1.29 is 14.3 Å². The summed E-state index contributed by atoms with van der Waals surface area (Å²) >= 11 is 0. The number of pyridine rings is 1. The fourth-order valence-electron chi connectivity index (χ4n) is 3.06. The summed E-state index contributed by atoms with van der Waals surface area (Å²) in [6.45, 7) is 5.96. The molecule has 0 fully saturated rings. The van der Waals surface area contributed by atoms with E-state index in [1.54, 1.807) is 37.3 Å². The number of nitrogens with one attached hydrogen (secondary N) is 3. The van der Waals surface area contributed by atoms with Gasteiger partial charge in [0.15, 0.2) is 0 Å². The number of aromatic nitrogens is 1. The van der Waals surface area contributed by atoms with Crippen LogP contribution in [-0.4, -0.2) is 23.6 Å². The zero-order chi connectivity index (χ0) is 21.0. The van der Waals surface area contributed by atoms with Crippen LogP contribution in [0.1, 0.15) is 42.6 Å². The van der Waals surface area contributed by atoms with Gasteiger partial charge >= 0.3 is 6.09 Å². The number of benzene rings is 2. The molecule has 0 saturated carbocycles. The van der Waals surface area contributed by atoms with Crippen LogP contribution >= 0.6 is 0 Å². The van der Waals surface area contributed by atoms with Gasteiger partial charge in [0.05, 0.1) is 6.61 Å². The number of H-pyrrole nitrogens is 1. The lowest BCUT2D eigenvalue weighted by Gasteiger charge is -2.16. The van der Waals surface area contributed by atoms with Gasteiger partial charge in [0, 0.05) is 28.5 Å². The summed E-state index contributed by atoms with van der Waals surface area (Å²) in [6.07, 6.45) is 0.837. The van der Waals surface area contributed by atoms with E-state index in [4.69, 9.17) is 4.74 Å². The van der Waals surface area contributed by atoms with Gasteiger partial charge < -0.3 is 15.0 Å². The van der Waals surface area contributed by atoms with Crippen LogP contribution in [0.2, 0.25) is 0 Å². The minimum absolute atomic E-state index is 0.0159. The van der Waals surface area contributed by atoms with E-state index in [1.165, 1.54) is 6.20 Å². The summed E-state index contributed by atoms with van der Waals surface area (Å²) in [5.41, 5.74) is 2.22. The molecule has 0 unspecified atom stereocenters. The van der Waals surface area contributed by atoms with Crippen LogP contribution in [0.5, 0.6) is 0 Å². The molecule has 0 bridgehead atoms. The van der Waals surface area contributed by atoms with Gasteiger partial charge in [0.25, 0.3) is 5.91 Å². The number of hydrogen-bond donors (Lipinski definition) is 3. The van der Waals surface area contributed by atoms with E-state index in [1.807, 2.05) is 26.0 Å². The van der Waals surface area contributed by atoms with E-state index in [-0.39, 0.29) is 23.5 Å². The molecule has 2 aromatic carbocycles. The Bertz CT molecular complexity index is 1120. The Labute approximate surface area is 168 Å². The number of anilines is 2. The first-order valence-corrected chi connectivity index (χ1v) is 9.40. The molecule has 0 aliphatic rings. The summed E-state index contributed by atoms with van der Waals surface area (Å²) in [5.74, 6) is -0.399. The molecule has 0 saturated heterocycles. The minimum atomic E-state index is -0.576. The second-order valence-corrected chi connectivity index (χ2v) is 6.83. The molecule has 0 aliphatic heterocycles. The Kier molecular flexibility index (Phi) is 5.97. The summed E-state index contributed by atoms with van der Waals surface area (Å²) in [5, 5.41) is 5.87. The zero-order valence-corrected chi connectivity index (χ0v) is 16.5. The van der Waals surface area contributed by atoms with Crippen molar-refractivity contribution in [2.75, 3.05) is 17.2 Å². The van der Waals surface area contributed by atoms with Gasteiger partial charge in [-0.1, -0.05) is 32.0 Å². The van der Waals surface area contributed by atoms with Gasteiger partial charge in [-0.2, -0.15) is 0 Å². The van der Waals surface area contributed by atoms with Crippen LogP contribution in [-0.2, 0) is 4.74 Å². The molecule has 2 amide bonds. The Morgan fingerprint density at radius 1 is 1.10 bits per heavy atom. The summed E-state index contributed by atoms with van der Waals surface area (Å²) in [7, 11) is 0. The lowest BCUT2D eigenvalue weighted by Crippen LogP contribution is -2.22. The van der Waals surface area contributed by atoms with Crippen LogP contribution in [0.3, 0.4) is 0 Å². The molecule has 1 aromatic heterocycles. The minimum Gasteiger partial charge on any atom is -0.450 e. The predicted molar refractivity (Wildman–Crippen MR) is 114 cm³/mol. The summed E-state index contributed by atoms with van der Waals surface area (Å²) in [6, 6.07) is 12.2. The molecule has 3 aromatic rings. The number of rotatable bonds is 5. The van der Waals surface area contributed by atoms with Crippen molar-refractivity contribution in [3.8, 4) is 0 Å². The fourth-order valence-corrected chi connectivity index (χ4v) is 3.06. The van der Waals surface area contributed by atoms with Gasteiger partial charge in [-0.15, -0.1) is 0 Å². The Balaban J connectivity index is 1.93. The third-order valence-corrected chi connectivity index (χ3v) is 4.48. The highest BCUT2D eigenvalue weighted by molar-refractivity contribution is 6.06. The molecule has 0 atom stereocenters. The highest BCUT2D eigenvalue weighted by atomic mass is 16.5. The van der Waals surface area contributed by atoms with Crippen molar-refractivity contribution >= 4 is 34.3 Å². The summed E-state index contributed by atoms with van der Waals surface area (Å²) < 4.78 is 4.89. The highest BCUT2D eigenvalue weighted by Crippen LogP contribution is 2.28. The van der Waals surface area contributed by atoms with Gasteiger partial charge in [0.2, 0.25) is 5.43 Å². The van der Waals surface area contributed by atoms with E-state index in [0.717, 1.165) is 5.56 Å². The monoisotopic (exact) mass is 393 g/mol. The third kappa shape index (κ3) is 4.45. The van der Waals surface area contributed by atoms with Crippen molar-refractivity contribution in [3.63, 3.8) is 0 Å². The standard InChI is InChI=1S/C22H23N3O4/c1-4-29-22(28)24-14-9-10-15(13(2)3)19(11-14)25-21(27)17-12-23-18-8-6-5-7-16(18)20(17)26/h5-13H,4H2,1-3H3,(H,23,26)(H,24,28)(H,25,27). The zero-order valence-electron chi connectivity index (χ0n) is 16.5. The lowest BCUT2D eigenvalue weighted by atomic mass is 10.00. The number of carbonyl (C=O) groups excluding carboxylic acids is 2. The quantitative estimate of drug-likeness (QED) is 0.595. The first-order valence-electron chi connectivity index (χ1n) is 9.40. The number of amides is 2. The Hall–Kier alpha value is -3.61. The third-order valence-electron chi connectivity index (χ3n) is 4.48.